The summed E-state index contributed by atoms with van der Waals surface area (Å²) in [5.41, 5.74) is 1.23. The molecular formula is C12H17NO2. The smallest absolute Gasteiger partial charge is 0.207 e. The molecule has 1 rings (SSSR count). The summed E-state index contributed by atoms with van der Waals surface area (Å²) in [6.07, 6.45) is 1.75. The van der Waals surface area contributed by atoms with Crippen LogP contribution in [0.2, 0.25) is 0 Å². The second kappa shape index (κ2) is 6.06. The summed E-state index contributed by atoms with van der Waals surface area (Å²) in [4.78, 5) is 10.2. The maximum absolute atomic E-state index is 10.2. The average Bonchev–Trinajstić information content (AvgIpc) is 2.31. The molecule has 0 saturated carbocycles. The van der Waals surface area contributed by atoms with Crippen molar-refractivity contribution in [3.8, 4) is 5.75 Å². The summed E-state index contributed by atoms with van der Waals surface area (Å²) in [6.45, 7) is 2.80. The van der Waals surface area contributed by atoms with Crippen molar-refractivity contribution in [1.29, 1.82) is 0 Å². The van der Waals surface area contributed by atoms with Gasteiger partial charge in [-0.1, -0.05) is 19.1 Å². The molecule has 1 unspecified atom stereocenters. The molecule has 0 aliphatic rings. The van der Waals surface area contributed by atoms with E-state index in [4.69, 9.17) is 4.74 Å². The first kappa shape index (κ1) is 11.6. The number of nitrogens with one attached hydrogen (secondary N) is 1. The van der Waals surface area contributed by atoms with Crippen molar-refractivity contribution in [3.63, 3.8) is 0 Å². The summed E-state index contributed by atoms with van der Waals surface area (Å²) in [5.74, 6) is 1.23. The second-order valence-electron chi connectivity index (χ2n) is 3.40. The molecule has 0 bridgehead atoms. The molecule has 0 saturated heterocycles. The van der Waals surface area contributed by atoms with E-state index in [0.29, 0.717) is 12.5 Å². The summed E-state index contributed by atoms with van der Waals surface area (Å²) >= 11 is 0. The lowest BCUT2D eigenvalue weighted by atomic mass is 9.96. The van der Waals surface area contributed by atoms with Gasteiger partial charge in [0, 0.05) is 12.5 Å². The standard InChI is InChI=1S/C12H17NO2/c1-3-10(8-13-9-14)11-4-6-12(15-2)7-5-11/h4-7,9-10H,3,8H2,1-2H3,(H,13,14). The van der Waals surface area contributed by atoms with Gasteiger partial charge in [0.05, 0.1) is 7.11 Å². The van der Waals surface area contributed by atoms with E-state index in [1.165, 1.54) is 5.56 Å². The van der Waals surface area contributed by atoms with Gasteiger partial charge in [-0.05, 0) is 24.1 Å². The minimum absolute atomic E-state index is 0.376. The molecule has 15 heavy (non-hydrogen) atoms. The normalized spacial score (nSPS) is 11.9. The number of ether oxygens (including phenoxy) is 1. The fourth-order valence-electron chi connectivity index (χ4n) is 1.56. The minimum Gasteiger partial charge on any atom is -0.497 e. The molecule has 1 N–H and O–H groups in total. The lowest BCUT2D eigenvalue weighted by Gasteiger charge is -2.14. The first-order valence-electron chi connectivity index (χ1n) is 5.12. The Balaban J connectivity index is 2.69. The Morgan fingerprint density at radius 3 is 2.53 bits per heavy atom. The maximum Gasteiger partial charge on any atom is 0.207 e. The SMILES string of the molecule is CCC(CNC=O)c1ccc(OC)cc1. The van der Waals surface area contributed by atoms with Gasteiger partial charge in [-0.25, -0.2) is 0 Å². The summed E-state index contributed by atoms with van der Waals surface area (Å²) in [6, 6.07) is 7.97. The fraction of sp³-hybridized carbons (Fsp3) is 0.417. The highest BCUT2D eigenvalue weighted by Crippen LogP contribution is 2.21. The summed E-state index contributed by atoms with van der Waals surface area (Å²) in [7, 11) is 1.65. The van der Waals surface area contributed by atoms with E-state index in [-0.39, 0.29) is 0 Å². The van der Waals surface area contributed by atoms with Crippen LogP contribution in [0, 0.1) is 0 Å². The highest BCUT2D eigenvalue weighted by molar-refractivity contribution is 5.46. The van der Waals surface area contributed by atoms with Gasteiger partial charge in [0.1, 0.15) is 5.75 Å². The van der Waals surface area contributed by atoms with E-state index in [9.17, 15) is 4.79 Å². The summed E-state index contributed by atoms with van der Waals surface area (Å²) < 4.78 is 5.09. The van der Waals surface area contributed by atoms with Crippen LogP contribution in [0.4, 0.5) is 0 Å². The van der Waals surface area contributed by atoms with Crippen LogP contribution in [0.1, 0.15) is 24.8 Å². The van der Waals surface area contributed by atoms with Gasteiger partial charge < -0.3 is 10.1 Å². The Morgan fingerprint density at radius 1 is 1.40 bits per heavy atom. The van der Waals surface area contributed by atoms with Crippen LogP contribution in [0.3, 0.4) is 0 Å². The van der Waals surface area contributed by atoms with E-state index < -0.39 is 0 Å². The number of hydrogen-bond acceptors (Lipinski definition) is 2. The Bertz CT molecular complexity index is 295. The topological polar surface area (TPSA) is 38.3 Å². The molecule has 3 heteroatoms. The monoisotopic (exact) mass is 207 g/mol. The van der Waals surface area contributed by atoms with Crippen molar-refractivity contribution < 1.29 is 9.53 Å². The quantitative estimate of drug-likeness (QED) is 0.724. The number of rotatable bonds is 6. The molecule has 1 aromatic rings. The molecular weight excluding hydrogens is 190 g/mol. The molecule has 3 nitrogen and oxygen atoms in total. The fourth-order valence-corrected chi connectivity index (χ4v) is 1.56. The Labute approximate surface area is 90.4 Å². The minimum atomic E-state index is 0.376. The molecule has 1 aromatic carbocycles. The molecule has 0 aliphatic carbocycles. The molecule has 0 radical (unpaired) electrons. The number of amides is 1. The lowest BCUT2D eigenvalue weighted by Crippen LogP contribution is -2.19. The number of benzene rings is 1. The first-order valence-corrected chi connectivity index (χ1v) is 5.12. The van der Waals surface area contributed by atoms with Crippen molar-refractivity contribution in [1.82, 2.24) is 5.32 Å². The van der Waals surface area contributed by atoms with Crippen molar-refractivity contribution in [2.24, 2.45) is 0 Å². The van der Waals surface area contributed by atoms with Gasteiger partial charge in [-0.15, -0.1) is 0 Å². The van der Waals surface area contributed by atoms with E-state index in [1.807, 2.05) is 24.3 Å². The van der Waals surface area contributed by atoms with Gasteiger partial charge in [0.2, 0.25) is 6.41 Å². The zero-order chi connectivity index (χ0) is 11.1. The first-order chi connectivity index (χ1) is 7.31. The van der Waals surface area contributed by atoms with Crippen LogP contribution in [0.15, 0.2) is 24.3 Å². The van der Waals surface area contributed by atoms with Crippen molar-refractivity contribution >= 4 is 6.41 Å². The van der Waals surface area contributed by atoms with Crippen LogP contribution in [0.5, 0.6) is 5.75 Å². The molecule has 0 spiro atoms. The molecule has 0 aliphatic heterocycles. The number of carbonyl (C=O) groups is 1. The van der Waals surface area contributed by atoms with E-state index in [0.717, 1.165) is 18.6 Å². The van der Waals surface area contributed by atoms with Gasteiger partial charge in [-0.2, -0.15) is 0 Å². The van der Waals surface area contributed by atoms with Gasteiger partial charge in [0.25, 0.3) is 0 Å². The van der Waals surface area contributed by atoms with Gasteiger partial charge in [-0.3, -0.25) is 4.79 Å². The third-order valence-corrected chi connectivity index (χ3v) is 2.53. The van der Waals surface area contributed by atoms with Crippen molar-refractivity contribution in [2.75, 3.05) is 13.7 Å². The molecule has 82 valence electrons. The number of carbonyl (C=O) groups excluding carboxylic acids is 1. The predicted octanol–water partition coefficient (Wildman–Crippen LogP) is 1.93. The Morgan fingerprint density at radius 2 is 2.07 bits per heavy atom. The predicted molar refractivity (Wildman–Crippen MR) is 60.1 cm³/mol. The third-order valence-electron chi connectivity index (χ3n) is 2.53. The highest BCUT2D eigenvalue weighted by atomic mass is 16.5. The second-order valence-corrected chi connectivity index (χ2v) is 3.40. The molecule has 1 atom stereocenters. The lowest BCUT2D eigenvalue weighted by molar-refractivity contribution is -0.109. The Hall–Kier alpha value is -1.51. The maximum atomic E-state index is 10.2. The molecule has 0 fully saturated rings. The molecule has 0 aromatic heterocycles. The highest BCUT2D eigenvalue weighted by Gasteiger charge is 2.08. The Kier molecular flexibility index (Phi) is 4.68. The zero-order valence-corrected chi connectivity index (χ0v) is 9.19. The van der Waals surface area contributed by atoms with Crippen molar-refractivity contribution in [2.45, 2.75) is 19.3 Å². The molecule has 1 amide bonds. The number of hydrogen-bond donors (Lipinski definition) is 1. The van der Waals surface area contributed by atoms with Crippen LogP contribution in [-0.4, -0.2) is 20.1 Å². The average molecular weight is 207 g/mol. The molecule has 0 heterocycles. The van der Waals surface area contributed by atoms with E-state index in [2.05, 4.69) is 12.2 Å². The number of methoxy groups -OCH3 is 1. The van der Waals surface area contributed by atoms with Crippen LogP contribution in [-0.2, 0) is 4.79 Å². The zero-order valence-electron chi connectivity index (χ0n) is 9.19. The summed E-state index contributed by atoms with van der Waals surface area (Å²) in [5, 5.41) is 2.71. The largest absolute Gasteiger partial charge is 0.497 e. The third kappa shape index (κ3) is 3.27. The van der Waals surface area contributed by atoms with E-state index >= 15 is 0 Å². The van der Waals surface area contributed by atoms with Crippen molar-refractivity contribution in [3.05, 3.63) is 29.8 Å². The van der Waals surface area contributed by atoms with Crippen LogP contribution >= 0.6 is 0 Å². The van der Waals surface area contributed by atoms with Gasteiger partial charge >= 0.3 is 0 Å². The van der Waals surface area contributed by atoms with Gasteiger partial charge in [0.15, 0.2) is 0 Å². The van der Waals surface area contributed by atoms with Crippen LogP contribution in [0.25, 0.3) is 0 Å². The van der Waals surface area contributed by atoms with E-state index in [1.54, 1.807) is 7.11 Å². The van der Waals surface area contributed by atoms with Crippen LogP contribution < -0.4 is 10.1 Å².